The van der Waals surface area contributed by atoms with Gasteiger partial charge in [-0.1, -0.05) is 12.8 Å². The van der Waals surface area contributed by atoms with Crippen molar-refractivity contribution in [3.63, 3.8) is 0 Å². The van der Waals surface area contributed by atoms with Gasteiger partial charge in [0, 0.05) is 6.54 Å². The predicted molar refractivity (Wildman–Crippen MR) is 58.3 cm³/mol. The SMILES string of the molecule is C[C@H](O)CN1CCC2(CCCC2)CC1. The average molecular weight is 197 g/mol. The number of nitrogens with zero attached hydrogens (tertiary/aromatic N) is 1. The Labute approximate surface area is 87.3 Å². The van der Waals surface area contributed by atoms with Gasteiger partial charge in [0.2, 0.25) is 0 Å². The largest absolute Gasteiger partial charge is 0.392 e. The molecule has 0 radical (unpaired) electrons. The van der Waals surface area contributed by atoms with E-state index in [4.69, 9.17) is 0 Å². The van der Waals surface area contributed by atoms with Gasteiger partial charge in [-0.3, -0.25) is 0 Å². The zero-order chi connectivity index (χ0) is 10.0. The van der Waals surface area contributed by atoms with Gasteiger partial charge in [0.25, 0.3) is 0 Å². The first-order valence-electron chi connectivity index (χ1n) is 6.11. The molecular weight excluding hydrogens is 174 g/mol. The van der Waals surface area contributed by atoms with Crippen molar-refractivity contribution in [1.29, 1.82) is 0 Å². The number of hydrogen-bond donors (Lipinski definition) is 1. The smallest absolute Gasteiger partial charge is 0.0639 e. The molecule has 0 aromatic rings. The molecule has 0 aromatic heterocycles. The van der Waals surface area contributed by atoms with Crippen LogP contribution in [0.25, 0.3) is 0 Å². The maximum atomic E-state index is 9.32. The first kappa shape index (κ1) is 10.4. The summed E-state index contributed by atoms with van der Waals surface area (Å²) in [5.74, 6) is 0. The molecule has 2 fully saturated rings. The normalized spacial score (nSPS) is 29.6. The molecule has 2 aliphatic rings. The molecule has 1 heterocycles. The van der Waals surface area contributed by atoms with Crippen molar-refractivity contribution in [3.8, 4) is 0 Å². The predicted octanol–water partition coefficient (Wildman–Crippen LogP) is 2.02. The highest BCUT2D eigenvalue weighted by Gasteiger charge is 2.36. The van der Waals surface area contributed by atoms with Crippen LogP contribution in [0, 0.1) is 5.41 Å². The second kappa shape index (κ2) is 4.19. The molecule has 0 unspecified atom stereocenters. The van der Waals surface area contributed by atoms with Gasteiger partial charge in [-0.2, -0.15) is 0 Å². The minimum atomic E-state index is -0.160. The maximum absolute atomic E-state index is 9.32. The van der Waals surface area contributed by atoms with Crippen LogP contribution < -0.4 is 0 Å². The second-order valence-corrected chi connectivity index (χ2v) is 5.36. The van der Waals surface area contributed by atoms with Gasteiger partial charge in [0.05, 0.1) is 6.10 Å². The number of β-amino-alcohol motifs (C(OH)–C–C–N with tert-alkyl or cyclic N) is 1. The lowest BCUT2D eigenvalue weighted by Crippen LogP contribution is -2.41. The third kappa shape index (κ3) is 2.29. The molecule has 0 amide bonds. The van der Waals surface area contributed by atoms with Crippen LogP contribution in [0.15, 0.2) is 0 Å². The van der Waals surface area contributed by atoms with Crippen molar-refractivity contribution >= 4 is 0 Å². The number of rotatable bonds is 2. The van der Waals surface area contributed by atoms with Crippen molar-refractivity contribution in [1.82, 2.24) is 4.90 Å². The minimum Gasteiger partial charge on any atom is -0.392 e. The van der Waals surface area contributed by atoms with Crippen LogP contribution in [0.2, 0.25) is 0 Å². The molecule has 0 bridgehead atoms. The monoisotopic (exact) mass is 197 g/mol. The van der Waals surface area contributed by atoms with E-state index in [1.165, 1.54) is 51.6 Å². The molecule has 2 rings (SSSR count). The number of aliphatic hydroxyl groups is 1. The van der Waals surface area contributed by atoms with E-state index in [1.54, 1.807) is 0 Å². The van der Waals surface area contributed by atoms with E-state index in [1.807, 2.05) is 6.92 Å². The van der Waals surface area contributed by atoms with E-state index in [0.717, 1.165) is 12.0 Å². The first-order valence-corrected chi connectivity index (χ1v) is 6.11. The standard InChI is InChI=1S/C12H23NO/c1-11(14)10-13-8-6-12(7-9-13)4-2-3-5-12/h11,14H,2-10H2,1H3/t11-/m0/s1. The van der Waals surface area contributed by atoms with Gasteiger partial charge in [-0.05, 0) is 51.1 Å². The summed E-state index contributed by atoms with van der Waals surface area (Å²) in [6.45, 7) is 5.19. The summed E-state index contributed by atoms with van der Waals surface area (Å²) in [4.78, 5) is 2.42. The Balaban J connectivity index is 1.79. The van der Waals surface area contributed by atoms with Gasteiger partial charge in [0.15, 0.2) is 0 Å². The van der Waals surface area contributed by atoms with E-state index < -0.39 is 0 Å². The van der Waals surface area contributed by atoms with Crippen LogP contribution in [0.3, 0.4) is 0 Å². The zero-order valence-corrected chi connectivity index (χ0v) is 9.34. The van der Waals surface area contributed by atoms with E-state index >= 15 is 0 Å². The Morgan fingerprint density at radius 1 is 1.14 bits per heavy atom. The summed E-state index contributed by atoms with van der Waals surface area (Å²) in [5.41, 5.74) is 0.717. The van der Waals surface area contributed by atoms with Crippen molar-refractivity contribution < 1.29 is 5.11 Å². The van der Waals surface area contributed by atoms with Crippen molar-refractivity contribution in [3.05, 3.63) is 0 Å². The number of likely N-dealkylation sites (tertiary alicyclic amines) is 1. The third-order valence-corrected chi connectivity index (χ3v) is 4.10. The lowest BCUT2D eigenvalue weighted by atomic mass is 9.77. The van der Waals surface area contributed by atoms with Gasteiger partial charge in [-0.25, -0.2) is 0 Å². The molecule has 1 aliphatic carbocycles. The van der Waals surface area contributed by atoms with Crippen LogP contribution in [0.5, 0.6) is 0 Å². The van der Waals surface area contributed by atoms with Crippen molar-refractivity contribution in [2.45, 2.75) is 51.6 Å². The van der Waals surface area contributed by atoms with E-state index in [2.05, 4.69) is 4.90 Å². The minimum absolute atomic E-state index is 0.160. The Hall–Kier alpha value is -0.0800. The van der Waals surface area contributed by atoms with Crippen molar-refractivity contribution in [2.24, 2.45) is 5.41 Å². The summed E-state index contributed by atoms with van der Waals surface area (Å²) >= 11 is 0. The molecule has 1 atom stereocenters. The molecule has 1 aliphatic heterocycles. The Morgan fingerprint density at radius 2 is 1.71 bits per heavy atom. The highest BCUT2D eigenvalue weighted by atomic mass is 16.3. The van der Waals surface area contributed by atoms with Crippen molar-refractivity contribution in [2.75, 3.05) is 19.6 Å². The maximum Gasteiger partial charge on any atom is 0.0639 e. The van der Waals surface area contributed by atoms with E-state index in [-0.39, 0.29) is 6.10 Å². The van der Waals surface area contributed by atoms with Crippen LogP contribution in [0.1, 0.15) is 45.4 Å². The summed E-state index contributed by atoms with van der Waals surface area (Å²) in [7, 11) is 0. The van der Waals surface area contributed by atoms with Crippen LogP contribution in [-0.4, -0.2) is 35.7 Å². The Bertz CT molecular complexity index is 175. The highest BCUT2D eigenvalue weighted by molar-refractivity contribution is 4.89. The van der Waals surface area contributed by atoms with Gasteiger partial charge in [0.1, 0.15) is 0 Å². The molecule has 2 nitrogen and oxygen atoms in total. The Morgan fingerprint density at radius 3 is 2.21 bits per heavy atom. The van der Waals surface area contributed by atoms with Gasteiger partial charge in [-0.15, -0.1) is 0 Å². The number of aliphatic hydroxyl groups excluding tert-OH is 1. The second-order valence-electron chi connectivity index (χ2n) is 5.36. The lowest BCUT2D eigenvalue weighted by molar-refractivity contribution is 0.0667. The molecule has 2 heteroatoms. The molecule has 1 saturated heterocycles. The fraction of sp³-hybridized carbons (Fsp3) is 1.00. The summed E-state index contributed by atoms with van der Waals surface area (Å²) in [6, 6.07) is 0. The molecule has 0 aromatic carbocycles. The number of hydrogen-bond acceptors (Lipinski definition) is 2. The fourth-order valence-electron chi connectivity index (χ4n) is 3.21. The molecule has 1 N–H and O–H groups in total. The third-order valence-electron chi connectivity index (χ3n) is 4.10. The summed E-state index contributed by atoms with van der Waals surface area (Å²) in [5, 5.41) is 9.32. The molecule has 14 heavy (non-hydrogen) atoms. The zero-order valence-electron chi connectivity index (χ0n) is 9.34. The first-order chi connectivity index (χ1) is 6.70. The molecule has 82 valence electrons. The summed E-state index contributed by atoms with van der Waals surface area (Å²) < 4.78 is 0. The van der Waals surface area contributed by atoms with Gasteiger partial charge < -0.3 is 10.0 Å². The lowest BCUT2D eigenvalue weighted by Gasteiger charge is -2.39. The fourth-order valence-corrected chi connectivity index (χ4v) is 3.21. The Kier molecular flexibility index (Phi) is 3.13. The molecular formula is C12H23NO. The molecule has 1 spiro atoms. The molecule has 1 saturated carbocycles. The quantitative estimate of drug-likeness (QED) is 0.732. The average Bonchev–Trinajstić information content (AvgIpc) is 2.58. The topological polar surface area (TPSA) is 23.5 Å². The summed E-state index contributed by atoms with van der Waals surface area (Å²) in [6.07, 6.45) is 8.43. The van der Waals surface area contributed by atoms with E-state index in [9.17, 15) is 5.11 Å². The van der Waals surface area contributed by atoms with Gasteiger partial charge >= 0.3 is 0 Å². The van der Waals surface area contributed by atoms with Crippen LogP contribution in [-0.2, 0) is 0 Å². The number of piperidine rings is 1. The van der Waals surface area contributed by atoms with Crippen LogP contribution >= 0.6 is 0 Å². The van der Waals surface area contributed by atoms with Crippen LogP contribution in [0.4, 0.5) is 0 Å². The highest BCUT2D eigenvalue weighted by Crippen LogP contribution is 2.45. The van der Waals surface area contributed by atoms with E-state index in [0.29, 0.717) is 0 Å².